The zero-order valence-electron chi connectivity index (χ0n) is 8.84. The van der Waals surface area contributed by atoms with Crippen molar-refractivity contribution in [3.05, 3.63) is 54.1 Å². The van der Waals surface area contributed by atoms with Gasteiger partial charge in [0.05, 0.1) is 0 Å². The number of nitrogens with zero attached hydrogens (tertiary/aromatic N) is 2. The van der Waals surface area contributed by atoms with Crippen LogP contribution in [0.4, 0.5) is 0 Å². The molecule has 78 valence electrons. The van der Waals surface area contributed by atoms with Crippen LogP contribution in [0.1, 0.15) is 11.3 Å². The smallest absolute Gasteiger partial charge is 0.127 e. The van der Waals surface area contributed by atoms with Crippen LogP contribution in [0.3, 0.4) is 0 Å². The van der Waals surface area contributed by atoms with Crippen LogP contribution in [0, 0.1) is 11.8 Å². The monoisotopic (exact) mass is 226 g/mol. The van der Waals surface area contributed by atoms with E-state index in [0.29, 0.717) is 0 Å². The zero-order valence-corrected chi connectivity index (χ0v) is 9.66. The highest BCUT2D eigenvalue weighted by Gasteiger charge is 1.96. The van der Waals surface area contributed by atoms with Gasteiger partial charge in [0.2, 0.25) is 0 Å². The quantitative estimate of drug-likeness (QED) is 0.552. The van der Waals surface area contributed by atoms with Crippen molar-refractivity contribution in [1.29, 1.82) is 0 Å². The van der Waals surface area contributed by atoms with Gasteiger partial charge in [-0.2, -0.15) is 0 Å². The Morgan fingerprint density at radius 3 is 2.75 bits per heavy atom. The summed E-state index contributed by atoms with van der Waals surface area (Å²) in [6, 6.07) is 7.74. The Bertz CT molecular complexity index is 526. The average molecular weight is 226 g/mol. The third kappa shape index (κ3) is 2.62. The molecule has 16 heavy (non-hydrogen) atoms. The van der Waals surface area contributed by atoms with E-state index in [9.17, 15) is 0 Å². The Morgan fingerprint density at radius 2 is 2.00 bits per heavy atom. The van der Waals surface area contributed by atoms with Crippen molar-refractivity contribution < 1.29 is 0 Å². The molecular weight excluding hydrogens is 216 g/mol. The zero-order chi connectivity index (χ0) is 11.2. The Balaban J connectivity index is 2.31. The predicted octanol–water partition coefficient (Wildman–Crippen LogP) is 2.60. The van der Waals surface area contributed by atoms with Crippen LogP contribution >= 0.6 is 11.8 Å². The molecule has 0 aliphatic carbocycles. The molecule has 2 rings (SSSR count). The van der Waals surface area contributed by atoms with Crippen LogP contribution in [0.5, 0.6) is 0 Å². The van der Waals surface area contributed by atoms with Crippen LogP contribution in [0.15, 0.2) is 47.8 Å². The topological polar surface area (TPSA) is 25.8 Å². The molecule has 0 bridgehead atoms. The van der Waals surface area contributed by atoms with Crippen molar-refractivity contribution in [3.8, 4) is 11.8 Å². The number of pyridine rings is 2. The SMILES string of the molecule is CSc1cccnc1C#Cc1cccnc1. The van der Waals surface area contributed by atoms with Crippen molar-refractivity contribution in [2.75, 3.05) is 6.26 Å². The molecule has 2 aromatic rings. The maximum absolute atomic E-state index is 4.25. The van der Waals surface area contributed by atoms with E-state index in [-0.39, 0.29) is 0 Å². The third-order valence-electron chi connectivity index (χ3n) is 1.98. The molecule has 0 radical (unpaired) electrons. The van der Waals surface area contributed by atoms with Crippen LogP contribution < -0.4 is 0 Å². The Hall–Kier alpha value is -1.79. The molecule has 0 atom stereocenters. The molecule has 0 unspecified atom stereocenters. The molecule has 0 saturated heterocycles. The van der Waals surface area contributed by atoms with Crippen LogP contribution in [0.25, 0.3) is 0 Å². The average Bonchev–Trinajstić information content (AvgIpc) is 2.38. The van der Waals surface area contributed by atoms with E-state index in [1.165, 1.54) is 0 Å². The molecule has 0 N–H and O–H groups in total. The fraction of sp³-hybridized carbons (Fsp3) is 0.0769. The lowest BCUT2D eigenvalue weighted by Crippen LogP contribution is -1.85. The van der Waals surface area contributed by atoms with Crippen molar-refractivity contribution >= 4 is 11.8 Å². The van der Waals surface area contributed by atoms with Crippen LogP contribution in [-0.2, 0) is 0 Å². The van der Waals surface area contributed by atoms with Gasteiger partial charge < -0.3 is 0 Å². The second kappa shape index (κ2) is 5.34. The predicted molar refractivity (Wildman–Crippen MR) is 66.2 cm³/mol. The van der Waals surface area contributed by atoms with E-state index in [4.69, 9.17) is 0 Å². The molecule has 2 aromatic heterocycles. The molecule has 0 amide bonds. The van der Waals surface area contributed by atoms with Gasteiger partial charge in [0.15, 0.2) is 0 Å². The van der Waals surface area contributed by atoms with Crippen LogP contribution in [-0.4, -0.2) is 16.2 Å². The van der Waals surface area contributed by atoms with Gasteiger partial charge in [0, 0.05) is 29.0 Å². The van der Waals surface area contributed by atoms with Gasteiger partial charge in [-0.3, -0.25) is 4.98 Å². The van der Waals surface area contributed by atoms with Gasteiger partial charge >= 0.3 is 0 Å². The van der Waals surface area contributed by atoms with Gasteiger partial charge in [-0.25, -0.2) is 4.98 Å². The normalized spacial score (nSPS) is 9.31. The van der Waals surface area contributed by atoms with Gasteiger partial charge in [-0.05, 0) is 36.4 Å². The first kappa shape index (κ1) is 10.7. The van der Waals surface area contributed by atoms with Crippen molar-refractivity contribution in [3.63, 3.8) is 0 Å². The minimum absolute atomic E-state index is 0.818. The van der Waals surface area contributed by atoms with E-state index < -0.39 is 0 Å². The Kier molecular flexibility index (Phi) is 3.58. The van der Waals surface area contributed by atoms with Gasteiger partial charge in [-0.1, -0.05) is 5.92 Å². The molecule has 0 saturated carbocycles. The molecular formula is C13H10N2S. The molecule has 0 aromatic carbocycles. The molecule has 0 aliphatic heterocycles. The fourth-order valence-corrected chi connectivity index (χ4v) is 1.73. The highest BCUT2D eigenvalue weighted by atomic mass is 32.2. The summed E-state index contributed by atoms with van der Waals surface area (Å²) in [5.41, 5.74) is 1.72. The number of thioether (sulfide) groups is 1. The Morgan fingerprint density at radius 1 is 1.12 bits per heavy atom. The van der Waals surface area contributed by atoms with E-state index in [2.05, 4.69) is 21.8 Å². The van der Waals surface area contributed by atoms with Gasteiger partial charge in [0.1, 0.15) is 5.69 Å². The van der Waals surface area contributed by atoms with Crippen molar-refractivity contribution in [1.82, 2.24) is 9.97 Å². The lowest BCUT2D eigenvalue weighted by molar-refractivity contribution is 1.20. The lowest BCUT2D eigenvalue weighted by Gasteiger charge is -1.97. The Labute approximate surface area is 99.1 Å². The van der Waals surface area contributed by atoms with Gasteiger partial charge in [-0.15, -0.1) is 11.8 Å². The van der Waals surface area contributed by atoms with Crippen molar-refractivity contribution in [2.24, 2.45) is 0 Å². The fourth-order valence-electron chi connectivity index (χ4n) is 1.22. The van der Waals surface area contributed by atoms with Gasteiger partial charge in [0.25, 0.3) is 0 Å². The highest BCUT2D eigenvalue weighted by molar-refractivity contribution is 7.98. The summed E-state index contributed by atoms with van der Waals surface area (Å²) in [5.74, 6) is 6.11. The molecule has 0 fully saturated rings. The second-order valence-corrected chi connectivity index (χ2v) is 3.89. The van der Waals surface area contributed by atoms with Crippen LogP contribution in [0.2, 0.25) is 0 Å². The summed E-state index contributed by atoms with van der Waals surface area (Å²) in [6.45, 7) is 0. The maximum atomic E-state index is 4.25. The standard InChI is InChI=1S/C13H10N2S/c1-16-13-5-3-9-15-12(13)7-6-11-4-2-8-14-10-11/h2-5,8-10H,1H3. The lowest BCUT2D eigenvalue weighted by atomic mass is 10.2. The number of aromatic nitrogens is 2. The molecule has 2 heterocycles. The first-order valence-corrected chi connectivity index (χ1v) is 6.03. The first-order valence-electron chi connectivity index (χ1n) is 4.81. The van der Waals surface area contributed by atoms with E-state index >= 15 is 0 Å². The second-order valence-electron chi connectivity index (χ2n) is 3.05. The molecule has 2 nitrogen and oxygen atoms in total. The summed E-state index contributed by atoms with van der Waals surface area (Å²) < 4.78 is 0. The summed E-state index contributed by atoms with van der Waals surface area (Å²) in [4.78, 5) is 9.36. The minimum Gasteiger partial charge on any atom is -0.263 e. The minimum atomic E-state index is 0.818. The molecule has 3 heteroatoms. The largest absolute Gasteiger partial charge is 0.263 e. The number of hydrogen-bond donors (Lipinski definition) is 0. The van der Waals surface area contributed by atoms with E-state index in [1.807, 2.05) is 30.5 Å². The summed E-state index contributed by atoms with van der Waals surface area (Å²) in [7, 11) is 0. The summed E-state index contributed by atoms with van der Waals surface area (Å²) >= 11 is 1.65. The third-order valence-corrected chi connectivity index (χ3v) is 2.75. The number of hydrogen-bond acceptors (Lipinski definition) is 3. The first-order chi connectivity index (χ1) is 7.90. The summed E-state index contributed by atoms with van der Waals surface area (Å²) in [5, 5.41) is 0. The summed E-state index contributed by atoms with van der Waals surface area (Å²) in [6.07, 6.45) is 7.26. The maximum Gasteiger partial charge on any atom is 0.127 e. The van der Waals surface area contributed by atoms with E-state index in [1.54, 1.807) is 30.4 Å². The van der Waals surface area contributed by atoms with E-state index in [0.717, 1.165) is 16.2 Å². The van der Waals surface area contributed by atoms with Crippen molar-refractivity contribution in [2.45, 2.75) is 4.90 Å². The molecule has 0 aliphatic rings. The molecule has 0 spiro atoms. The highest BCUT2D eigenvalue weighted by Crippen LogP contribution is 2.16. The number of rotatable bonds is 1.